The second kappa shape index (κ2) is 5.72. The number of rotatable bonds is 5. The zero-order chi connectivity index (χ0) is 10.4. The number of hydrogen-bond acceptors (Lipinski definition) is 4. The van der Waals surface area contributed by atoms with Crippen molar-refractivity contribution in [1.82, 2.24) is 15.6 Å². The van der Waals surface area contributed by atoms with Crippen LogP contribution >= 0.6 is 11.3 Å². The van der Waals surface area contributed by atoms with Crippen LogP contribution in [-0.2, 0) is 4.79 Å². The molecule has 1 rings (SSSR count). The number of aromatic nitrogens is 1. The second-order valence-corrected chi connectivity index (χ2v) is 3.73. The van der Waals surface area contributed by atoms with Crippen LogP contribution in [0.15, 0.2) is 10.9 Å². The fourth-order valence-electron chi connectivity index (χ4n) is 1.07. The zero-order valence-electron chi connectivity index (χ0n) is 8.41. The Kier molecular flexibility index (Phi) is 4.55. The maximum absolute atomic E-state index is 10.9. The van der Waals surface area contributed by atoms with Crippen molar-refractivity contribution >= 4 is 17.2 Å². The lowest BCUT2D eigenvalue weighted by atomic mass is 10.2. The van der Waals surface area contributed by atoms with E-state index in [0.29, 0.717) is 13.0 Å². The first-order valence-electron chi connectivity index (χ1n) is 4.56. The van der Waals surface area contributed by atoms with E-state index in [-0.39, 0.29) is 11.9 Å². The highest BCUT2D eigenvalue weighted by Gasteiger charge is 2.06. The molecule has 0 fully saturated rings. The summed E-state index contributed by atoms with van der Waals surface area (Å²) in [5.41, 5.74) is 2.85. The molecular formula is C9H15N3OS. The van der Waals surface area contributed by atoms with Gasteiger partial charge in [-0.1, -0.05) is 0 Å². The molecule has 0 aliphatic carbocycles. The van der Waals surface area contributed by atoms with Gasteiger partial charge in [-0.05, 0) is 6.92 Å². The molecule has 1 amide bonds. The predicted molar refractivity (Wildman–Crippen MR) is 57.2 cm³/mol. The van der Waals surface area contributed by atoms with Gasteiger partial charge in [-0.3, -0.25) is 4.79 Å². The van der Waals surface area contributed by atoms with E-state index in [4.69, 9.17) is 0 Å². The summed E-state index contributed by atoms with van der Waals surface area (Å²) in [5.74, 6) is 0.0583. The molecule has 1 aromatic rings. The first-order valence-corrected chi connectivity index (χ1v) is 5.50. The van der Waals surface area contributed by atoms with Crippen LogP contribution in [0.5, 0.6) is 0 Å². The molecule has 1 heterocycles. The molecule has 0 spiro atoms. The monoisotopic (exact) mass is 213 g/mol. The maximum Gasteiger partial charge on any atom is 0.221 e. The van der Waals surface area contributed by atoms with Crippen LogP contribution in [-0.4, -0.2) is 24.5 Å². The summed E-state index contributed by atoms with van der Waals surface area (Å²) in [6.07, 6.45) is 0.505. The molecule has 4 nitrogen and oxygen atoms in total. The fourth-order valence-corrected chi connectivity index (χ4v) is 1.72. The highest BCUT2D eigenvalue weighted by Crippen LogP contribution is 2.11. The van der Waals surface area contributed by atoms with Gasteiger partial charge in [0.1, 0.15) is 0 Å². The molecule has 1 aromatic heterocycles. The summed E-state index contributed by atoms with van der Waals surface area (Å²) in [6.45, 7) is 2.72. The van der Waals surface area contributed by atoms with Crippen LogP contribution in [0.1, 0.15) is 25.1 Å². The summed E-state index contributed by atoms with van der Waals surface area (Å²) in [7, 11) is 1.65. The van der Waals surface area contributed by atoms with Crippen molar-refractivity contribution in [2.24, 2.45) is 0 Å². The first kappa shape index (κ1) is 11.1. The summed E-state index contributed by atoms with van der Waals surface area (Å²) < 4.78 is 0. The Morgan fingerprint density at radius 1 is 1.71 bits per heavy atom. The third-order valence-electron chi connectivity index (χ3n) is 1.98. The summed E-state index contributed by atoms with van der Waals surface area (Å²) >= 11 is 1.58. The van der Waals surface area contributed by atoms with Gasteiger partial charge in [0.05, 0.1) is 11.2 Å². The lowest BCUT2D eigenvalue weighted by Crippen LogP contribution is -2.26. The van der Waals surface area contributed by atoms with Crippen molar-refractivity contribution in [3.63, 3.8) is 0 Å². The molecule has 2 N–H and O–H groups in total. The van der Waals surface area contributed by atoms with E-state index in [1.54, 1.807) is 18.4 Å². The average molecular weight is 213 g/mol. The molecule has 0 bridgehead atoms. The molecule has 5 heteroatoms. The second-order valence-electron chi connectivity index (χ2n) is 3.01. The minimum atomic E-state index is 0.0583. The molecule has 0 radical (unpaired) electrons. The van der Waals surface area contributed by atoms with Crippen molar-refractivity contribution in [3.8, 4) is 0 Å². The third kappa shape index (κ3) is 3.43. The van der Waals surface area contributed by atoms with Crippen LogP contribution < -0.4 is 10.6 Å². The maximum atomic E-state index is 10.9. The highest BCUT2D eigenvalue weighted by molar-refractivity contribution is 7.07. The zero-order valence-corrected chi connectivity index (χ0v) is 9.23. The lowest BCUT2D eigenvalue weighted by Gasteiger charge is -2.10. The normalized spacial score (nSPS) is 12.4. The van der Waals surface area contributed by atoms with Crippen LogP contribution in [0, 0.1) is 0 Å². The summed E-state index contributed by atoms with van der Waals surface area (Å²) in [4.78, 5) is 15.1. The average Bonchev–Trinajstić information content (AvgIpc) is 2.70. The van der Waals surface area contributed by atoms with Gasteiger partial charge in [-0.25, -0.2) is 4.98 Å². The summed E-state index contributed by atoms with van der Waals surface area (Å²) in [6, 6.07) is 0.214. The molecule has 1 atom stereocenters. The Hall–Kier alpha value is -0.940. The summed E-state index contributed by atoms with van der Waals surface area (Å²) in [5, 5.41) is 7.83. The number of carbonyl (C=O) groups excluding carboxylic acids is 1. The largest absolute Gasteiger partial charge is 0.359 e. The van der Waals surface area contributed by atoms with Crippen molar-refractivity contribution in [3.05, 3.63) is 16.6 Å². The van der Waals surface area contributed by atoms with Crippen LogP contribution in [0.25, 0.3) is 0 Å². The van der Waals surface area contributed by atoms with E-state index < -0.39 is 0 Å². The van der Waals surface area contributed by atoms with Gasteiger partial charge in [-0.15, -0.1) is 11.3 Å². The SMILES string of the molecule is CNC(=O)CCNC(C)c1cscn1. The standard InChI is InChI=1S/C9H15N3OS/c1-7(8-5-14-6-12-8)11-4-3-9(13)10-2/h5-7,11H,3-4H2,1-2H3,(H,10,13). The number of nitrogens with one attached hydrogen (secondary N) is 2. The predicted octanol–water partition coefficient (Wildman–Crippen LogP) is 0.930. The van der Waals surface area contributed by atoms with Gasteiger partial charge in [0.25, 0.3) is 0 Å². The van der Waals surface area contributed by atoms with Crippen molar-refractivity contribution in [2.45, 2.75) is 19.4 Å². The quantitative estimate of drug-likeness (QED) is 0.765. The number of amides is 1. The van der Waals surface area contributed by atoms with Gasteiger partial charge in [0.2, 0.25) is 5.91 Å². The Morgan fingerprint density at radius 3 is 3.07 bits per heavy atom. The number of hydrogen-bond donors (Lipinski definition) is 2. The lowest BCUT2D eigenvalue weighted by molar-refractivity contribution is -0.120. The van der Waals surface area contributed by atoms with Gasteiger partial charge in [0.15, 0.2) is 0 Å². The molecule has 0 saturated heterocycles. The number of carbonyl (C=O) groups is 1. The fraction of sp³-hybridized carbons (Fsp3) is 0.556. The smallest absolute Gasteiger partial charge is 0.221 e. The molecular weight excluding hydrogens is 198 g/mol. The van der Waals surface area contributed by atoms with E-state index in [9.17, 15) is 4.79 Å². The van der Waals surface area contributed by atoms with Crippen LogP contribution in [0.2, 0.25) is 0 Å². The Labute approximate surface area is 87.7 Å². The van der Waals surface area contributed by atoms with Crippen molar-refractivity contribution in [1.29, 1.82) is 0 Å². The van der Waals surface area contributed by atoms with Crippen LogP contribution in [0.3, 0.4) is 0 Å². The van der Waals surface area contributed by atoms with Crippen LogP contribution in [0.4, 0.5) is 0 Å². The van der Waals surface area contributed by atoms with Gasteiger partial charge in [0, 0.05) is 31.4 Å². The van der Waals surface area contributed by atoms with E-state index in [1.165, 1.54) is 0 Å². The molecule has 0 aliphatic rings. The van der Waals surface area contributed by atoms with Crippen molar-refractivity contribution in [2.75, 3.05) is 13.6 Å². The molecule has 1 unspecified atom stereocenters. The Balaban J connectivity index is 2.22. The molecule has 14 heavy (non-hydrogen) atoms. The Morgan fingerprint density at radius 2 is 2.50 bits per heavy atom. The third-order valence-corrected chi connectivity index (χ3v) is 2.58. The van der Waals surface area contributed by atoms with Gasteiger partial charge >= 0.3 is 0 Å². The number of thiazole rings is 1. The molecule has 0 aromatic carbocycles. The first-order chi connectivity index (χ1) is 6.74. The van der Waals surface area contributed by atoms with E-state index in [1.807, 2.05) is 17.8 Å². The highest BCUT2D eigenvalue weighted by atomic mass is 32.1. The minimum absolute atomic E-state index is 0.0583. The van der Waals surface area contributed by atoms with Gasteiger partial charge in [-0.2, -0.15) is 0 Å². The topological polar surface area (TPSA) is 54.0 Å². The van der Waals surface area contributed by atoms with Crippen molar-refractivity contribution < 1.29 is 4.79 Å². The molecule has 0 saturated carbocycles. The molecule has 78 valence electrons. The Bertz CT molecular complexity index is 274. The van der Waals surface area contributed by atoms with E-state index in [0.717, 1.165) is 5.69 Å². The van der Waals surface area contributed by atoms with E-state index in [2.05, 4.69) is 15.6 Å². The van der Waals surface area contributed by atoms with Gasteiger partial charge < -0.3 is 10.6 Å². The van der Waals surface area contributed by atoms with E-state index >= 15 is 0 Å². The number of nitrogens with zero attached hydrogens (tertiary/aromatic N) is 1. The molecule has 0 aliphatic heterocycles. The minimum Gasteiger partial charge on any atom is -0.359 e.